The van der Waals surface area contributed by atoms with Crippen LogP contribution in [-0.2, 0) is 13.0 Å². The molecular formula is C22H19N3O4S. The van der Waals surface area contributed by atoms with Crippen molar-refractivity contribution in [1.29, 1.82) is 0 Å². The molecule has 3 amide bonds. The zero-order chi connectivity index (χ0) is 20.5. The average Bonchev–Trinajstić information content (AvgIpc) is 3.44. The van der Waals surface area contributed by atoms with E-state index in [1.54, 1.807) is 18.2 Å². The van der Waals surface area contributed by atoms with Gasteiger partial charge in [0, 0.05) is 30.5 Å². The summed E-state index contributed by atoms with van der Waals surface area (Å²) in [5.74, 6) is 1.32. The number of rotatable bonds is 3. The third-order valence-electron chi connectivity index (χ3n) is 5.13. The SMILES string of the molecule is O=C(Nc1ccc2c(c1)CN(C(=O)c1cccs1)CC2)Nc1ccc2c(c1)OCO2. The Bertz CT molecular complexity index is 1110. The molecule has 8 heteroatoms. The van der Waals surface area contributed by atoms with Crippen LogP contribution in [0.5, 0.6) is 11.5 Å². The van der Waals surface area contributed by atoms with Gasteiger partial charge in [0.2, 0.25) is 6.79 Å². The van der Waals surface area contributed by atoms with E-state index in [1.807, 2.05) is 40.6 Å². The fourth-order valence-corrected chi connectivity index (χ4v) is 4.32. The van der Waals surface area contributed by atoms with Gasteiger partial charge in [-0.2, -0.15) is 0 Å². The van der Waals surface area contributed by atoms with Crippen molar-refractivity contribution in [2.45, 2.75) is 13.0 Å². The molecule has 152 valence electrons. The van der Waals surface area contributed by atoms with Crippen molar-refractivity contribution in [3.8, 4) is 11.5 Å². The van der Waals surface area contributed by atoms with Crippen molar-refractivity contribution in [1.82, 2.24) is 4.90 Å². The highest BCUT2D eigenvalue weighted by Gasteiger charge is 2.23. The Hall–Kier alpha value is -3.52. The van der Waals surface area contributed by atoms with Gasteiger partial charge in [0.05, 0.1) is 4.88 Å². The van der Waals surface area contributed by atoms with Crippen LogP contribution in [0.2, 0.25) is 0 Å². The lowest BCUT2D eigenvalue weighted by Gasteiger charge is -2.29. The maximum Gasteiger partial charge on any atom is 0.323 e. The topological polar surface area (TPSA) is 79.9 Å². The Morgan fingerprint density at radius 2 is 1.73 bits per heavy atom. The molecule has 1 aromatic heterocycles. The Morgan fingerprint density at radius 3 is 2.57 bits per heavy atom. The first-order valence-electron chi connectivity index (χ1n) is 9.58. The largest absolute Gasteiger partial charge is 0.454 e. The molecule has 0 saturated heterocycles. The number of ether oxygens (including phenoxy) is 2. The molecule has 2 aliphatic rings. The summed E-state index contributed by atoms with van der Waals surface area (Å²) in [6.07, 6.45) is 0.802. The number of anilines is 2. The predicted molar refractivity (Wildman–Crippen MR) is 114 cm³/mol. The van der Waals surface area contributed by atoms with Crippen molar-refractivity contribution in [2.75, 3.05) is 24.0 Å². The maximum absolute atomic E-state index is 12.7. The summed E-state index contributed by atoms with van der Waals surface area (Å²) in [5.41, 5.74) is 3.54. The van der Waals surface area contributed by atoms with Gasteiger partial charge >= 0.3 is 6.03 Å². The number of hydrogen-bond donors (Lipinski definition) is 2. The zero-order valence-corrected chi connectivity index (χ0v) is 16.8. The minimum atomic E-state index is -0.351. The molecule has 2 aromatic carbocycles. The summed E-state index contributed by atoms with van der Waals surface area (Å²) >= 11 is 1.45. The normalized spacial score (nSPS) is 14.2. The van der Waals surface area contributed by atoms with Crippen molar-refractivity contribution in [2.24, 2.45) is 0 Å². The molecule has 7 nitrogen and oxygen atoms in total. The Labute approximate surface area is 177 Å². The Balaban J connectivity index is 1.26. The van der Waals surface area contributed by atoms with Gasteiger partial charge in [-0.05, 0) is 53.3 Å². The first-order chi connectivity index (χ1) is 14.7. The summed E-state index contributed by atoms with van der Waals surface area (Å²) in [4.78, 5) is 27.7. The molecule has 3 heterocycles. The number of amides is 3. The van der Waals surface area contributed by atoms with E-state index >= 15 is 0 Å². The van der Waals surface area contributed by atoms with Gasteiger partial charge in [-0.25, -0.2) is 4.79 Å². The van der Waals surface area contributed by atoms with Crippen LogP contribution < -0.4 is 20.1 Å². The Kier molecular flexibility index (Phi) is 4.76. The lowest BCUT2D eigenvalue weighted by molar-refractivity contribution is 0.0739. The molecule has 0 radical (unpaired) electrons. The molecule has 0 atom stereocenters. The van der Waals surface area contributed by atoms with Crippen LogP contribution >= 0.6 is 11.3 Å². The minimum absolute atomic E-state index is 0.0505. The lowest BCUT2D eigenvalue weighted by Crippen LogP contribution is -2.35. The number of fused-ring (bicyclic) bond motifs is 2. The molecule has 30 heavy (non-hydrogen) atoms. The van der Waals surface area contributed by atoms with Crippen molar-refractivity contribution >= 4 is 34.6 Å². The van der Waals surface area contributed by atoms with Crippen LogP contribution in [0, 0.1) is 0 Å². The third-order valence-corrected chi connectivity index (χ3v) is 5.98. The second-order valence-corrected chi connectivity index (χ2v) is 8.03. The highest BCUT2D eigenvalue weighted by Crippen LogP contribution is 2.34. The third kappa shape index (κ3) is 3.69. The molecule has 0 spiro atoms. The summed E-state index contributed by atoms with van der Waals surface area (Å²) in [6, 6.07) is 14.5. The highest BCUT2D eigenvalue weighted by molar-refractivity contribution is 7.12. The molecule has 2 aliphatic heterocycles. The van der Waals surface area contributed by atoms with Crippen LogP contribution in [0.25, 0.3) is 0 Å². The van der Waals surface area contributed by atoms with Gasteiger partial charge in [0.1, 0.15) is 0 Å². The number of hydrogen-bond acceptors (Lipinski definition) is 5. The van der Waals surface area contributed by atoms with E-state index in [1.165, 1.54) is 16.9 Å². The van der Waals surface area contributed by atoms with E-state index in [-0.39, 0.29) is 18.7 Å². The summed E-state index contributed by atoms with van der Waals surface area (Å²) in [7, 11) is 0. The quantitative estimate of drug-likeness (QED) is 0.660. The monoisotopic (exact) mass is 421 g/mol. The summed E-state index contributed by atoms with van der Waals surface area (Å²) < 4.78 is 10.6. The molecule has 0 aliphatic carbocycles. The first-order valence-corrected chi connectivity index (χ1v) is 10.5. The highest BCUT2D eigenvalue weighted by atomic mass is 32.1. The fraction of sp³-hybridized carbons (Fsp3) is 0.182. The van der Waals surface area contributed by atoms with Crippen LogP contribution in [0.1, 0.15) is 20.8 Å². The fourth-order valence-electron chi connectivity index (χ4n) is 3.63. The standard InChI is InChI=1S/C22H19N3O4S/c26-21(20-2-1-9-30-20)25-8-7-14-3-4-16(10-15(14)12-25)23-22(27)24-17-5-6-18-19(11-17)29-13-28-18/h1-6,9-11H,7-8,12-13H2,(H2,23,24,27). The number of carbonyl (C=O) groups excluding carboxylic acids is 2. The molecule has 0 bridgehead atoms. The van der Waals surface area contributed by atoms with Crippen molar-refractivity contribution in [3.05, 3.63) is 69.9 Å². The van der Waals surface area contributed by atoms with Crippen molar-refractivity contribution in [3.63, 3.8) is 0 Å². The van der Waals surface area contributed by atoms with E-state index < -0.39 is 0 Å². The maximum atomic E-state index is 12.7. The molecule has 5 rings (SSSR count). The van der Waals surface area contributed by atoms with Gasteiger partial charge in [0.25, 0.3) is 5.91 Å². The second kappa shape index (κ2) is 7.72. The number of thiophene rings is 1. The summed E-state index contributed by atoms with van der Waals surface area (Å²) in [5, 5.41) is 7.56. The van der Waals surface area contributed by atoms with E-state index in [4.69, 9.17) is 9.47 Å². The molecule has 0 fully saturated rings. The van der Waals surface area contributed by atoms with E-state index in [2.05, 4.69) is 10.6 Å². The van der Waals surface area contributed by atoms with Crippen LogP contribution in [0.4, 0.5) is 16.2 Å². The minimum Gasteiger partial charge on any atom is -0.454 e. The molecule has 2 N–H and O–H groups in total. The Morgan fingerprint density at radius 1 is 0.933 bits per heavy atom. The molecular weight excluding hydrogens is 402 g/mol. The van der Waals surface area contributed by atoms with E-state index in [0.717, 1.165) is 16.9 Å². The molecule has 0 saturated carbocycles. The zero-order valence-electron chi connectivity index (χ0n) is 16.0. The van der Waals surface area contributed by atoms with E-state index in [9.17, 15) is 9.59 Å². The van der Waals surface area contributed by atoms with Crippen LogP contribution in [0.3, 0.4) is 0 Å². The number of urea groups is 1. The average molecular weight is 421 g/mol. The van der Waals surface area contributed by atoms with Gasteiger partial charge < -0.3 is 25.0 Å². The number of benzene rings is 2. The molecule has 0 unspecified atom stereocenters. The van der Waals surface area contributed by atoms with Crippen LogP contribution in [-0.4, -0.2) is 30.2 Å². The number of nitrogens with one attached hydrogen (secondary N) is 2. The first kappa shape index (κ1) is 18.5. The van der Waals surface area contributed by atoms with Crippen molar-refractivity contribution < 1.29 is 19.1 Å². The van der Waals surface area contributed by atoms with Gasteiger partial charge in [0.15, 0.2) is 11.5 Å². The van der Waals surface area contributed by atoms with Gasteiger partial charge in [-0.1, -0.05) is 12.1 Å². The van der Waals surface area contributed by atoms with E-state index in [0.29, 0.717) is 36.0 Å². The number of nitrogens with zero attached hydrogens (tertiary/aromatic N) is 1. The molecule has 3 aromatic rings. The predicted octanol–water partition coefficient (Wildman–Crippen LogP) is 4.32. The van der Waals surface area contributed by atoms with Gasteiger partial charge in [-0.15, -0.1) is 11.3 Å². The second-order valence-electron chi connectivity index (χ2n) is 7.08. The smallest absolute Gasteiger partial charge is 0.323 e. The van der Waals surface area contributed by atoms with Gasteiger partial charge in [-0.3, -0.25) is 4.79 Å². The summed E-state index contributed by atoms with van der Waals surface area (Å²) in [6.45, 7) is 1.42. The lowest BCUT2D eigenvalue weighted by atomic mass is 9.99. The van der Waals surface area contributed by atoms with Crippen LogP contribution in [0.15, 0.2) is 53.9 Å². The number of carbonyl (C=O) groups is 2.